The van der Waals surface area contributed by atoms with E-state index in [0.29, 0.717) is 0 Å². The van der Waals surface area contributed by atoms with Gasteiger partial charge in [0.1, 0.15) is 5.84 Å². The van der Waals surface area contributed by atoms with Crippen LogP contribution in [0.3, 0.4) is 0 Å². The van der Waals surface area contributed by atoms with Crippen molar-refractivity contribution < 1.29 is 0 Å². The molecule has 0 atom stereocenters. The number of nitrogens with zero attached hydrogens (tertiary/aromatic N) is 3. The van der Waals surface area contributed by atoms with Gasteiger partial charge in [0.2, 0.25) is 0 Å². The van der Waals surface area contributed by atoms with E-state index in [1.807, 2.05) is 0 Å². The molecule has 0 aromatic heterocycles. The second-order valence-electron chi connectivity index (χ2n) is 10.4. The average Bonchev–Trinajstić information content (AvgIpc) is 3.39. The molecule has 2 heterocycles. The Labute approximate surface area is 199 Å². The highest BCUT2D eigenvalue weighted by atomic mass is 15.3. The topological polar surface area (TPSA) is 18.8 Å². The van der Waals surface area contributed by atoms with Gasteiger partial charge in [0, 0.05) is 30.7 Å². The van der Waals surface area contributed by atoms with Crippen LogP contribution in [0.25, 0.3) is 11.8 Å². The summed E-state index contributed by atoms with van der Waals surface area (Å²) in [7, 11) is 0. The Morgan fingerprint density at radius 3 is 2.15 bits per heavy atom. The molecule has 6 rings (SSSR count). The minimum Gasteiger partial charge on any atom is -0.324 e. The van der Waals surface area contributed by atoms with Crippen molar-refractivity contribution in [1.29, 1.82) is 0 Å². The second-order valence-corrected chi connectivity index (χ2v) is 10.4. The van der Waals surface area contributed by atoms with E-state index in [2.05, 4.69) is 64.4 Å². The smallest absolute Gasteiger partial charge is 0.136 e. The summed E-state index contributed by atoms with van der Waals surface area (Å²) in [5, 5.41) is 0. The molecule has 0 amide bonds. The Hall–Kier alpha value is -2.39. The first-order valence-corrected chi connectivity index (χ1v) is 13.3. The van der Waals surface area contributed by atoms with Crippen molar-refractivity contribution in [3.63, 3.8) is 0 Å². The van der Waals surface area contributed by atoms with Gasteiger partial charge in [0.05, 0.1) is 12.2 Å². The molecule has 0 bridgehead atoms. The lowest BCUT2D eigenvalue weighted by Gasteiger charge is -2.42. The normalized spacial score (nSPS) is 21.5. The third kappa shape index (κ3) is 4.28. The van der Waals surface area contributed by atoms with Crippen LogP contribution >= 0.6 is 0 Å². The first kappa shape index (κ1) is 21.2. The third-order valence-corrected chi connectivity index (χ3v) is 8.33. The Morgan fingerprint density at radius 1 is 0.788 bits per heavy atom. The molecule has 0 saturated heterocycles. The Kier molecular flexibility index (Phi) is 6.07. The van der Waals surface area contributed by atoms with Crippen LogP contribution in [0.5, 0.6) is 0 Å². The summed E-state index contributed by atoms with van der Waals surface area (Å²) in [6.45, 7) is 2.99. The van der Waals surface area contributed by atoms with Crippen molar-refractivity contribution in [1.82, 2.24) is 9.80 Å². The van der Waals surface area contributed by atoms with Gasteiger partial charge >= 0.3 is 0 Å². The van der Waals surface area contributed by atoms with Crippen molar-refractivity contribution in [3.8, 4) is 0 Å². The van der Waals surface area contributed by atoms with Crippen molar-refractivity contribution in [3.05, 3.63) is 70.8 Å². The van der Waals surface area contributed by atoms with Gasteiger partial charge in [-0.05, 0) is 48.4 Å². The number of fused-ring (bicyclic) bond motifs is 3. The summed E-state index contributed by atoms with van der Waals surface area (Å²) in [4.78, 5) is 10.2. The summed E-state index contributed by atoms with van der Waals surface area (Å²) in [5.41, 5.74) is 6.64. The van der Waals surface area contributed by atoms with Crippen LogP contribution in [-0.4, -0.2) is 40.8 Å². The van der Waals surface area contributed by atoms with Crippen LogP contribution in [-0.2, 0) is 6.54 Å². The Morgan fingerprint density at radius 2 is 1.45 bits per heavy atom. The first-order valence-electron chi connectivity index (χ1n) is 13.3. The van der Waals surface area contributed by atoms with E-state index in [4.69, 9.17) is 4.99 Å². The number of hydrogen-bond acceptors (Lipinski definition) is 3. The van der Waals surface area contributed by atoms with Gasteiger partial charge in [-0.15, -0.1) is 0 Å². The van der Waals surface area contributed by atoms with E-state index >= 15 is 0 Å². The molecule has 2 aromatic carbocycles. The first-order chi connectivity index (χ1) is 16.4. The fraction of sp³-hybridized carbons (Fsp3) is 0.500. The lowest BCUT2D eigenvalue weighted by Crippen LogP contribution is -2.44. The van der Waals surface area contributed by atoms with Crippen LogP contribution < -0.4 is 0 Å². The molecular formula is C30H37N3. The van der Waals surface area contributed by atoms with Gasteiger partial charge in [-0.3, -0.25) is 9.89 Å². The fourth-order valence-corrected chi connectivity index (χ4v) is 6.58. The molecule has 0 unspecified atom stereocenters. The van der Waals surface area contributed by atoms with Gasteiger partial charge in [-0.1, -0.05) is 87.1 Å². The summed E-state index contributed by atoms with van der Waals surface area (Å²) < 4.78 is 0. The van der Waals surface area contributed by atoms with Crippen LogP contribution in [0.4, 0.5) is 0 Å². The molecule has 0 N–H and O–H groups in total. The molecule has 2 saturated carbocycles. The highest BCUT2D eigenvalue weighted by molar-refractivity contribution is 6.12. The van der Waals surface area contributed by atoms with Gasteiger partial charge in [0.15, 0.2) is 0 Å². The van der Waals surface area contributed by atoms with Gasteiger partial charge in [-0.2, -0.15) is 0 Å². The molecule has 172 valence electrons. The average molecular weight is 440 g/mol. The molecule has 2 aromatic rings. The van der Waals surface area contributed by atoms with Crippen molar-refractivity contribution in [2.24, 2.45) is 4.99 Å². The van der Waals surface area contributed by atoms with E-state index in [1.54, 1.807) is 0 Å². The Balaban J connectivity index is 1.24. The van der Waals surface area contributed by atoms with Crippen LogP contribution in [0, 0.1) is 0 Å². The van der Waals surface area contributed by atoms with Crippen molar-refractivity contribution in [2.75, 3.05) is 13.1 Å². The summed E-state index contributed by atoms with van der Waals surface area (Å²) >= 11 is 0. The predicted octanol–water partition coefficient (Wildman–Crippen LogP) is 6.73. The number of aliphatic imine (C=N–C) groups is 1. The lowest BCUT2D eigenvalue weighted by molar-refractivity contribution is 0.0731. The summed E-state index contributed by atoms with van der Waals surface area (Å²) in [5.74, 6) is 1.15. The maximum Gasteiger partial charge on any atom is 0.136 e. The lowest BCUT2D eigenvalue weighted by atomic mass is 9.88. The zero-order chi connectivity index (χ0) is 22.0. The van der Waals surface area contributed by atoms with E-state index in [9.17, 15) is 0 Å². The maximum absolute atomic E-state index is 4.83. The highest BCUT2D eigenvalue weighted by Crippen LogP contribution is 2.34. The molecule has 3 heteroatoms. The minimum atomic E-state index is 0.794. The summed E-state index contributed by atoms with van der Waals surface area (Å²) in [6, 6.07) is 19.7. The van der Waals surface area contributed by atoms with E-state index in [-0.39, 0.29) is 0 Å². The number of amidine groups is 1. The zero-order valence-corrected chi connectivity index (χ0v) is 19.9. The van der Waals surface area contributed by atoms with Crippen molar-refractivity contribution >= 4 is 17.6 Å². The monoisotopic (exact) mass is 439 g/mol. The minimum absolute atomic E-state index is 0.794. The SMILES string of the molecule is C1=C(c2ccc(CN(C3CCCCC3)C3CCCCC3)cc2)N2CCN=C2c2ccccc21. The summed E-state index contributed by atoms with van der Waals surface area (Å²) in [6.07, 6.45) is 16.5. The van der Waals surface area contributed by atoms with Crippen LogP contribution in [0.15, 0.2) is 53.5 Å². The molecule has 0 spiro atoms. The van der Waals surface area contributed by atoms with Gasteiger partial charge in [-0.25, -0.2) is 0 Å². The maximum atomic E-state index is 4.83. The largest absolute Gasteiger partial charge is 0.324 e. The predicted molar refractivity (Wildman–Crippen MR) is 138 cm³/mol. The van der Waals surface area contributed by atoms with Gasteiger partial charge in [0.25, 0.3) is 0 Å². The van der Waals surface area contributed by atoms with Crippen LogP contribution in [0.1, 0.15) is 86.5 Å². The number of hydrogen-bond donors (Lipinski definition) is 0. The van der Waals surface area contributed by atoms with Crippen molar-refractivity contribution in [2.45, 2.75) is 82.8 Å². The quantitative estimate of drug-likeness (QED) is 0.514. The number of benzene rings is 2. The van der Waals surface area contributed by atoms with E-state index in [0.717, 1.165) is 37.6 Å². The number of rotatable bonds is 5. The molecule has 2 aliphatic heterocycles. The molecular weight excluding hydrogens is 402 g/mol. The molecule has 0 radical (unpaired) electrons. The van der Waals surface area contributed by atoms with Crippen LogP contribution in [0.2, 0.25) is 0 Å². The van der Waals surface area contributed by atoms with Gasteiger partial charge < -0.3 is 4.90 Å². The molecule has 2 aliphatic carbocycles. The standard InChI is InChI=1S/C30H37N3/c1-3-10-26(11-4-1)33(27-12-5-2-6-13-27)22-23-15-17-24(18-16-23)29-21-25-9-7-8-14-28(25)30-31-19-20-32(29)30/h7-9,14-18,21,26-27H,1-6,10-13,19-20,22H2. The highest BCUT2D eigenvalue weighted by Gasteiger charge is 2.30. The second kappa shape index (κ2) is 9.46. The van der Waals surface area contributed by atoms with E-state index < -0.39 is 0 Å². The van der Waals surface area contributed by atoms with E-state index in [1.165, 1.54) is 92.2 Å². The molecule has 3 nitrogen and oxygen atoms in total. The third-order valence-electron chi connectivity index (χ3n) is 8.33. The Bertz CT molecular complexity index is 1000. The molecule has 4 aliphatic rings. The molecule has 2 fully saturated rings. The molecule has 33 heavy (non-hydrogen) atoms. The zero-order valence-electron chi connectivity index (χ0n) is 19.9. The fourth-order valence-electron chi connectivity index (χ4n) is 6.58.